The first-order valence-corrected chi connectivity index (χ1v) is 4.59. The van der Waals surface area contributed by atoms with Gasteiger partial charge in [0.1, 0.15) is 5.83 Å². The van der Waals surface area contributed by atoms with Gasteiger partial charge < -0.3 is 0 Å². The van der Waals surface area contributed by atoms with Gasteiger partial charge in [-0.15, -0.1) is 0 Å². The van der Waals surface area contributed by atoms with E-state index in [0.717, 1.165) is 0 Å². The van der Waals surface area contributed by atoms with Crippen molar-refractivity contribution in [3.63, 3.8) is 0 Å². The zero-order valence-electron chi connectivity index (χ0n) is 7.63. The average Bonchev–Trinajstić information content (AvgIpc) is 3.00. The smallest absolute Gasteiger partial charge is 0.144 e. The standard InChI is InChI=1S/C11H12FN/c1-2-10(12)11-6-5-9(7-13-11)8-3-4-8/h2,5-8H,3-4H2,1H3/b10-2-. The molecule has 0 N–H and O–H groups in total. The van der Waals surface area contributed by atoms with Crippen LogP contribution in [-0.2, 0) is 0 Å². The number of nitrogens with zero attached hydrogens (tertiary/aromatic N) is 1. The molecule has 0 spiro atoms. The first kappa shape index (κ1) is 8.42. The largest absolute Gasteiger partial charge is 0.254 e. The molecule has 68 valence electrons. The highest BCUT2D eigenvalue weighted by atomic mass is 19.1. The van der Waals surface area contributed by atoms with Gasteiger partial charge in [-0.1, -0.05) is 6.07 Å². The van der Waals surface area contributed by atoms with E-state index in [-0.39, 0.29) is 5.83 Å². The van der Waals surface area contributed by atoms with E-state index in [9.17, 15) is 4.39 Å². The lowest BCUT2D eigenvalue weighted by molar-refractivity contribution is 0.750. The topological polar surface area (TPSA) is 12.9 Å². The molecule has 1 aromatic rings. The van der Waals surface area contributed by atoms with Crippen molar-refractivity contribution in [1.29, 1.82) is 0 Å². The van der Waals surface area contributed by atoms with E-state index in [1.165, 1.54) is 24.5 Å². The zero-order valence-corrected chi connectivity index (χ0v) is 7.63. The summed E-state index contributed by atoms with van der Waals surface area (Å²) in [5, 5.41) is 0. The van der Waals surface area contributed by atoms with Gasteiger partial charge in [0.25, 0.3) is 0 Å². The Bertz CT molecular complexity index is 322. The van der Waals surface area contributed by atoms with Gasteiger partial charge in [-0.25, -0.2) is 4.39 Å². The monoisotopic (exact) mass is 177 g/mol. The first-order valence-electron chi connectivity index (χ1n) is 4.59. The van der Waals surface area contributed by atoms with Crippen molar-refractivity contribution in [2.75, 3.05) is 0 Å². The van der Waals surface area contributed by atoms with Gasteiger partial charge in [-0.05, 0) is 43.4 Å². The fraction of sp³-hybridized carbons (Fsp3) is 0.364. The van der Waals surface area contributed by atoms with Crippen LogP contribution in [-0.4, -0.2) is 4.98 Å². The molecule has 13 heavy (non-hydrogen) atoms. The second kappa shape index (κ2) is 3.29. The molecule has 1 aliphatic carbocycles. The molecule has 1 heterocycles. The summed E-state index contributed by atoms with van der Waals surface area (Å²) in [6.45, 7) is 1.67. The Morgan fingerprint density at radius 1 is 1.54 bits per heavy atom. The van der Waals surface area contributed by atoms with Crippen LogP contribution in [0.1, 0.15) is 36.9 Å². The van der Waals surface area contributed by atoms with Crippen molar-refractivity contribution in [3.8, 4) is 0 Å². The maximum atomic E-state index is 13.0. The quantitative estimate of drug-likeness (QED) is 0.675. The zero-order chi connectivity index (χ0) is 9.26. The number of allylic oxidation sites excluding steroid dienone is 1. The Morgan fingerprint density at radius 3 is 2.77 bits per heavy atom. The van der Waals surface area contributed by atoms with Crippen LogP contribution in [0.2, 0.25) is 0 Å². The fourth-order valence-electron chi connectivity index (χ4n) is 1.35. The average molecular weight is 177 g/mol. The normalized spacial score (nSPS) is 17.5. The van der Waals surface area contributed by atoms with Crippen LogP contribution in [0, 0.1) is 0 Å². The lowest BCUT2D eigenvalue weighted by atomic mass is 10.2. The first-order chi connectivity index (χ1) is 6.31. The van der Waals surface area contributed by atoms with Crippen LogP contribution in [0.4, 0.5) is 4.39 Å². The highest BCUT2D eigenvalue weighted by Crippen LogP contribution is 2.39. The van der Waals surface area contributed by atoms with Crippen molar-refractivity contribution in [1.82, 2.24) is 4.98 Å². The SMILES string of the molecule is C/C=C(\F)c1ccc(C2CC2)cn1. The Kier molecular flexibility index (Phi) is 2.13. The lowest BCUT2D eigenvalue weighted by Crippen LogP contribution is -1.87. The summed E-state index contributed by atoms with van der Waals surface area (Å²) in [7, 11) is 0. The molecule has 1 aliphatic rings. The molecule has 1 aromatic heterocycles. The molecule has 0 aromatic carbocycles. The summed E-state index contributed by atoms with van der Waals surface area (Å²) in [6.07, 6.45) is 5.73. The fourth-order valence-corrected chi connectivity index (χ4v) is 1.35. The molecule has 0 atom stereocenters. The van der Waals surface area contributed by atoms with Crippen LogP contribution >= 0.6 is 0 Å². The van der Waals surface area contributed by atoms with Crippen LogP contribution < -0.4 is 0 Å². The summed E-state index contributed by atoms with van der Waals surface area (Å²) >= 11 is 0. The Labute approximate surface area is 77.3 Å². The molecule has 1 nitrogen and oxygen atoms in total. The van der Waals surface area contributed by atoms with Crippen LogP contribution in [0.5, 0.6) is 0 Å². The molecule has 0 radical (unpaired) electrons. The maximum absolute atomic E-state index is 13.0. The van der Waals surface area contributed by atoms with Crippen LogP contribution in [0.15, 0.2) is 24.4 Å². The second-order valence-corrected chi connectivity index (χ2v) is 3.39. The van der Waals surface area contributed by atoms with Gasteiger partial charge in [-0.2, -0.15) is 0 Å². The number of aromatic nitrogens is 1. The predicted molar refractivity (Wildman–Crippen MR) is 51.0 cm³/mol. The third-order valence-electron chi connectivity index (χ3n) is 2.33. The Morgan fingerprint density at radius 2 is 2.31 bits per heavy atom. The van der Waals surface area contributed by atoms with Gasteiger partial charge in [0.15, 0.2) is 0 Å². The number of hydrogen-bond acceptors (Lipinski definition) is 1. The highest BCUT2D eigenvalue weighted by molar-refractivity contribution is 5.54. The summed E-state index contributed by atoms with van der Waals surface area (Å²) in [4.78, 5) is 4.07. The second-order valence-electron chi connectivity index (χ2n) is 3.39. The van der Waals surface area contributed by atoms with Gasteiger partial charge >= 0.3 is 0 Å². The molecule has 0 bridgehead atoms. The molecule has 1 fully saturated rings. The van der Waals surface area contributed by atoms with Crippen LogP contribution in [0.25, 0.3) is 5.83 Å². The molecule has 2 heteroatoms. The van der Waals surface area contributed by atoms with Crippen LogP contribution in [0.3, 0.4) is 0 Å². The molecule has 0 aliphatic heterocycles. The third kappa shape index (κ3) is 1.77. The van der Waals surface area contributed by atoms with Crippen molar-refractivity contribution in [2.24, 2.45) is 0 Å². The number of hydrogen-bond donors (Lipinski definition) is 0. The third-order valence-corrected chi connectivity index (χ3v) is 2.33. The van der Waals surface area contributed by atoms with E-state index in [2.05, 4.69) is 4.98 Å². The van der Waals surface area contributed by atoms with E-state index < -0.39 is 0 Å². The summed E-state index contributed by atoms with van der Waals surface area (Å²) in [5.74, 6) is 0.442. The van der Waals surface area contributed by atoms with Gasteiger partial charge in [0, 0.05) is 6.20 Å². The summed E-state index contributed by atoms with van der Waals surface area (Å²) < 4.78 is 13.0. The van der Waals surface area contributed by atoms with Gasteiger partial charge in [-0.3, -0.25) is 4.98 Å². The van der Waals surface area contributed by atoms with E-state index >= 15 is 0 Å². The molecule has 0 amide bonds. The molecule has 0 saturated heterocycles. The predicted octanol–water partition coefficient (Wildman–Crippen LogP) is 3.29. The van der Waals surface area contributed by atoms with E-state index in [1.54, 1.807) is 19.2 Å². The number of pyridine rings is 1. The van der Waals surface area contributed by atoms with Crippen molar-refractivity contribution < 1.29 is 4.39 Å². The minimum Gasteiger partial charge on any atom is -0.254 e. The van der Waals surface area contributed by atoms with Crippen molar-refractivity contribution in [2.45, 2.75) is 25.7 Å². The minimum atomic E-state index is -0.248. The Hall–Kier alpha value is -1.18. The van der Waals surface area contributed by atoms with Gasteiger partial charge in [0.2, 0.25) is 0 Å². The van der Waals surface area contributed by atoms with E-state index in [0.29, 0.717) is 11.6 Å². The highest BCUT2D eigenvalue weighted by Gasteiger charge is 2.23. The minimum absolute atomic E-state index is 0.248. The van der Waals surface area contributed by atoms with Gasteiger partial charge in [0.05, 0.1) is 5.69 Å². The molecule has 1 saturated carbocycles. The van der Waals surface area contributed by atoms with Crippen molar-refractivity contribution >= 4 is 5.83 Å². The summed E-state index contributed by atoms with van der Waals surface area (Å²) in [6, 6.07) is 3.73. The molecular formula is C11H12FN. The molecular weight excluding hydrogens is 165 g/mol. The number of halogens is 1. The Balaban J connectivity index is 2.22. The molecule has 2 rings (SSSR count). The lowest BCUT2D eigenvalue weighted by Gasteiger charge is -1.99. The van der Waals surface area contributed by atoms with Crippen molar-refractivity contribution in [3.05, 3.63) is 35.7 Å². The van der Waals surface area contributed by atoms with E-state index in [1.807, 2.05) is 6.07 Å². The summed E-state index contributed by atoms with van der Waals surface area (Å²) in [5.41, 5.74) is 1.68. The maximum Gasteiger partial charge on any atom is 0.144 e. The number of rotatable bonds is 2. The van der Waals surface area contributed by atoms with E-state index in [4.69, 9.17) is 0 Å². The molecule has 0 unspecified atom stereocenters.